The van der Waals surface area contributed by atoms with Crippen molar-refractivity contribution >= 4 is 12.0 Å². The fourth-order valence-corrected chi connectivity index (χ4v) is 2.38. The van der Waals surface area contributed by atoms with Gasteiger partial charge in [0.15, 0.2) is 5.82 Å². The minimum atomic E-state index is -0.0197. The molecule has 122 valence electrons. The van der Waals surface area contributed by atoms with Crippen molar-refractivity contribution in [2.45, 2.75) is 33.1 Å². The highest BCUT2D eigenvalue weighted by molar-refractivity contribution is 5.81. The predicted octanol–water partition coefficient (Wildman–Crippen LogP) is 5.23. The Balaban J connectivity index is 2.02. The van der Waals surface area contributed by atoms with Gasteiger partial charge in [-0.15, -0.1) is 0 Å². The van der Waals surface area contributed by atoms with Crippen LogP contribution in [0.5, 0.6) is 0 Å². The van der Waals surface area contributed by atoms with Crippen LogP contribution in [0.15, 0.2) is 65.7 Å². The molecule has 0 spiro atoms. The summed E-state index contributed by atoms with van der Waals surface area (Å²) in [5, 5.41) is 4.78. The summed E-state index contributed by atoms with van der Waals surface area (Å²) in [6.07, 6.45) is 1.89. The van der Waals surface area contributed by atoms with Crippen LogP contribution in [0, 0.1) is 6.92 Å². The summed E-state index contributed by atoms with van der Waals surface area (Å²) in [6, 6.07) is 20.5. The molecule has 0 atom stereocenters. The number of nitrogens with zero attached hydrogens (tertiary/aromatic N) is 3. The number of hydrogen-bond donors (Lipinski definition) is 0. The van der Waals surface area contributed by atoms with E-state index in [1.807, 2.05) is 41.2 Å². The summed E-state index contributed by atoms with van der Waals surface area (Å²) in [5.74, 6) is 0.840. The van der Waals surface area contributed by atoms with Crippen LogP contribution in [0.4, 0.5) is 5.82 Å². The summed E-state index contributed by atoms with van der Waals surface area (Å²) in [4.78, 5) is 4.69. The molecule has 0 aliphatic heterocycles. The summed E-state index contributed by atoms with van der Waals surface area (Å²) in [7, 11) is 0. The Morgan fingerprint density at radius 3 is 2.25 bits per heavy atom. The van der Waals surface area contributed by atoms with Gasteiger partial charge in [0.05, 0.1) is 11.4 Å². The lowest BCUT2D eigenvalue weighted by molar-refractivity contribution is 0.560. The van der Waals surface area contributed by atoms with Gasteiger partial charge < -0.3 is 0 Å². The second-order valence-electron chi connectivity index (χ2n) is 7.05. The van der Waals surface area contributed by atoms with Gasteiger partial charge in [-0.05, 0) is 24.6 Å². The van der Waals surface area contributed by atoms with Crippen LogP contribution in [0.25, 0.3) is 5.69 Å². The van der Waals surface area contributed by atoms with E-state index in [2.05, 4.69) is 58.0 Å². The lowest BCUT2D eigenvalue weighted by Crippen LogP contribution is -2.12. The molecule has 0 saturated carbocycles. The van der Waals surface area contributed by atoms with Gasteiger partial charge in [0.1, 0.15) is 0 Å². The van der Waals surface area contributed by atoms with Crippen molar-refractivity contribution in [3.8, 4) is 5.69 Å². The van der Waals surface area contributed by atoms with E-state index in [9.17, 15) is 0 Å². The molecule has 0 saturated heterocycles. The van der Waals surface area contributed by atoms with E-state index >= 15 is 0 Å². The maximum atomic E-state index is 4.78. The third-order valence-electron chi connectivity index (χ3n) is 3.88. The molecular formula is C21H23N3. The van der Waals surface area contributed by atoms with Gasteiger partial charge >= 0.3 is 0 Å². The number of hydrogen-bond acceptors (Lipinski definition) is 2. The Bertz CT molecular complexity index is 835. The molecule has 0 aliphatic carbocycles. The normalized spacial score (nSPS) is 12.0. The Morgan fingerprint density at radius 1 is 0.958 bits per heavy atom. The molecule has 3 rings (SSSR count). The molecule has 1 aromatic heterocycles. The Hall–Kier alpha value is -2.68. The molecule has 0 fully saturated rings. The monoisotopic (exact) mass is 317 g/mol. The minimum absolute atomic E-state index is 0.0197. The number of aromatic nitrogens is 2. The van der Waals surface area contributed by atoms with Gasteiger partial charge in [0.25, 0.3) is 0 Å². The number of benzene rings is 2. The van der Waals surface area contributed by atoms with E-state index in [0.717, 1.165) is 22.8 Å². The van der Waals surface area contributed by atoms with Crippen LogP contribution in [0.3, 0.4) is 0 Å². The van der Waals surface area contributed by atoms with Crippen LogP contribution >= 0.6 is 0 Å². The summed E-state index contributed by atoms with van der Waals surface area (Å²) >= 11 is 0. The first kappa shape index (κ1) is 16.2. The molecule has 0 bridgehead atoms. The van der Waals surface area contributed by atoms with Crippen LogP contribution in [-0.4, -0.2) is 16.0 Å². The molecule has 0 N–H and O–H groups in total. The Labute approximate surface area is 143 Å². The lowest BCUT2D eigenvalue weighted by atomic mass is 9.92. The summed E-state index contributed by atoms with van der Waals surface area (Å²) in [6.45, 7) is 8.58. The van der Waals surface area contributed by atoms with Crippen molar-refractivity contribution in [2.24, 2.45) is 4.99 Å². The highest BCUT2D eigenvalue weighted by Crippen LogP contribution is 2.27. The van der Waals surface area contributed by atoms with E-state index < -0.39 is 0 Å². The van der Waals surface area contributed by atoms with E-state index in [0.29, 0.717) is 0 Å². The van der Waals surface area contributed by atoms with E-state index in [-0.39, 0.29) is 5.41 Å². The molecule has 0 aliphatic rings. The fourth-order valence-electron chi connectivity index (χ4n) is 2.38. The zero-order valence-electron chi connectivity index (χ0n) is 14.7. The zero-order chi connectivity index (χ0) is 17.2. The first-order valence-corrected chi connectivity index (χ1v) is 8.20. The average Bonchev–Trinajstić information content (AvgIpc) is 3.00. The third-order valence-corrected chi connectivity index (χ3v) is 3.88. The fraction of sp³-hybridized carbons (Fsp3) is 0.238. The molecule has 0 unspecified atom stereocenters. The van der Waals surface area contributed by atoms with Crippen molar-refractivity contribution in [3.05, 3.63) is 77.5 Å². The zero-order valence-corrected chi connectivity index (χ0v) is 14.7. The standard InChI is InChI=1S/C21H23N3/c1-16-10-12-17(13-11-16)15-22-20-14-19(21(2,3)4)23-24(20)18-8-6-5-7-9-18/h5-15H,1-4H3/b22-15+. The van der Waals surface area contributed by atoms with Crippen LogP contribution < -0.4 is 0 Å². The van der Waals surface area contributed by atoms with Crippen LogP contribution in [0.2, 0.25) is 0 Å². The summed E-state index contributed by atoms with van der Waals surface area (Å²) < 4.78 is 1.91. The molecule has 24 heavy (non-hydrogen) atoms. The Morgan fingerprint density at radius 2 is 1.62 bits per heavy atom. The third kappa shape index (κ3) is 3.62. The van der Waals surface area contributed by atoms with E-state index in [1.165, 1.54) is 5.56 Å². The topological polar surface area (TPSA) is 30.2 Å². The lowest BCUT2D eigenvalue weighted by Gasteiger charge is -2.14. The van der Waals surface area contributed by atoms with Crippen molar-refractivity contribution < 1.29 is 0 Å². The maximum Gasteiger partial charge on any atom is 0.155 e. The molecule has 2 aromatic carbocycles. The quantitative estimate of drug-likeness (QED) is 0.608. The first-order valence-electron chi connectivity index (χ1n) is 8.20. The predicted molar refractivity (Wildman–Crippen MR) is 101 cm³/mol. The highest BCUT2D eigenvalue weighted by atomic mass is 15.3. The maximum absolute atomic E-state index is 4.78. The van der Waals surface area contributed by atoms with Gasteiger partial charge in [-0.1, -0.05) is 68.8 Å². The van der Waals surface area contributed by atoms with Gasteiger partial charge in [0, 0.05) is 17.7 Å². The molecular weight excluding hydrogens is 294 g/mol. The van der Waals surface area contributed by atoms with E-state index in [4.69, 9.17) is 10.1 Å². The van der Waals surface area contributed by atoms with E-state index in [1.54, 1.807) is 0 Å². The second-order valence-corrected chi connectivity index (χ2v) is 7.05. The van der Waals surface area contributed by atoms with Crippen LogP contribution in [-0.2, 0) is 5.41 Å². The van der Waals surface area contributed by atoms with Crippen molar-refractivity contribution in [1.29, 1.82) is 0 Å². The molecule has 0 radical (unpaired) electrons. The molecule has 3 heteroatoms. The molecule has 1 heterocycles. The smallest absolute Gasteiger partial charge is 0.155 e. The number of aryl methyl sites for hydroxylation is 1. The average molecular weight is 317 g/mol. The van der Waals surface area contributed by atoms with Crippen molar-refractivity contribution in [2.75, 3.05) is 0 Å². The highest BCUT2D eigenvalue weighted by Gasteiger charge is 2.20. The first-order chi connectivity index (χ1) is 11.4. The number of rotatable bonds is 3. The van der Waals surface area contributed by atoms with Gasteiger partial charge in [0.2, 0.25) is 0 Å². The van der Waals surface area contributed by atoms with Gasteiger partial charge in [-0.2, -0.15) is 5.10 Å². The van der Waals surface area contributed by atoms with Crippen molar-refractivity contribution in [3.63, 3.8) is 0 Å². The Kier molecular flexibility index (Phi) is 4.34. The van der Waals surface area contributed by atoms with Crippen molar-refractivity contribution in [1.82, 2.24) is 9.78 Å². The second kappa shape index (κ2) is 6.44. The van der Waals surface area contributed by atoms with Gasteiger partial charge in [-0.25, -0.2) is 9.67 Å². The minimum Gasteiger partial charge on any atom is -0.236 e. The van der Waals surface area contributed by atoms with Gasteiger partial charge in [-0.3, -0.25) is 0 Å². The number of para-hydroxylation sites is 1. The van der Waals surface area contributed by atoms with Crippen LogP contribution in [0.1, 0.15) is 37.6 Å². The SMILES string of the molecule is Cc1ccc(/C=N/c2cc(C(C)(C)C)nn2-c2ccccc2)cc1. The molecule has 3 aromatic rings. The molecule has 3 nitrogen and oxygen atoms in total. The number of aliphatic imine (C=N–C) groups is 1. The summed E-state index contributed by atoms with van der Waals surface area (Å²) in [5.41, 5.74) is 4.36. The molecule has 0 amide bonds. The largest absolute Gasteiger partial charge is 0.236 e.